The zero-order valence-corrected chi connectivity index (χ0v) is 83.4. The highest BCUT2D eigenvalue weighted by atomic mass is 79.9. The van der Waals surface area contributed by atoms with Gasteiger partial charge in [0.2, 0.25) is 0 Å². The molecular formula is C92H125BBr6N6O17. The molecule has 7 aliphatic rings. The van der Waals surface area contributed by atoms with E-state index in [9.17, 15) is 48.3 Å². The van der Waals surface area contributed by atoms with Gasteiger partial charge in [-0.1, -0.05) is 174 Å². The van der Waals surface area contributed by atoms with E-state index in [1.54, 1.807) is 19.6 Å². The molecule has 5 aliphatic heterocycles. The third-order valence-corrected chi connectivity index (χ3v) is 26.8. The van der Waals surface area contributed by atoms with Gasteiger partial charge in [0.15, 0.2) is 5.78 Å². The van der Waals surface area contributed by atoms with Gasteiger partial charge >= 0.3 is 48.4 Å². The number of ketones is 1. The van der Waals surface area contributed by atoms with Gasteiger partial charge in [-0.15, -0.1) is 0 Å². The van der Waals surface area contributed by atoms with E-state index in [1.165, 1.54) is 35.4 Å². The van der Waals surface area contributed by atoms with E-state index in [0.717, 1.165) is 71.2 Å². The summed E-state index contributed by atoms with van der Waals surface area (Å²) in [5, 5.41) is 10.7. The van der Waals surface area contributed by atoms with Crippen molar-refractivity contribution in [2.45, 2.75) is 233 Å². The quantitative estimate of drug-likeness (QED) is 0.0632. The summed E-state index contributed by atoms with van der Waals surface area (Å²) in [6, 6.07) is 35.9. The number of carbonyl (C=O) groups excluding carboxylic acids is 8. The molecule has 5 fully saturated rings. The van der Waals surface area contributed by atoms with Gasteiger partial charge in [-0.2, -0.15) is 0 Å². The fourth-order valence-electron chi connectivity index (χ4n) is 15.7. The molecule has 1 atom stereocenters. The monoisotopic (exact) mass is 2070 g/mol. The Morgan fingerprint density at radius 1 is 0.434 bits per heavy atom. The van der Waals surface area contributed by atoms with Crippen LogP contribution in [0.2, 0.25) is 0 Å². The van der Waals surface area contributed by atoms with E-state index in [-0.39, 0.29) is 71.0 Å². The average Bonchev–Trinajstić information content (AvgIpc) is 1.61. The van der Waals surface area contributed by atoms with Crippen molar-refractivity contribution in [2.24, 2.45) is 33.3 Å². The first kappa shape index (κ1) is 103. The summed E-state index contributed by atoms with van der Waals surface area (Å²) in [4.78, 5) is 118. The molecule has 3 N–H and O–H groups in total. The molecule has 5 aromatic rings. The molecule has 5 amide bonds. The van der Waals surface area contributed by atoms with Gasteiger partial charge in [0.05, 0.1) is 31.0 Å². The summed E-state index contributed by atoms with van der Waals surface area (Å²) in [7, 11) is 6.56. The summed E-state index contributed by atoms with van der Waals surface area (Å²) in [5.41, 5.74) is 10.3. The average molecular weight is 2080 g/mol. The zero-order valence-electron chi connectivity index (χ0n) is 74.9. The van der Waals surface area contributed by atoms with Crippen molar-refractivity contribution in [3.05, 3.63) is 171 Å². The number of fused-ring (bicyclic) bond motifs is 2. The molecule has 0 aromatic heterocycles. The Balaban J connectivity index is 0.000000231. The summed E-state index contributed by atoms with van der Waals surface area (Å²) in [6.07, 6.45) is 7.79. The molecule has 2 aliphatic carbocycles. The Morgan fingerprint density at radius 2 is 0.762 bits per heavy atom. The highest BCUT2D eigenvalue weighted by Gasteiger charge is 2.51. The van der Waals surface area contributed by atoms with E-state index in [1.807, 2.05) is 194 Å². The van der Waals surface area contributed by atoms with Crippen LogP contribution in [0.3, 0.4) is 0 Å². The molecule has 2 spiro atoms. The van der Waals surface area contributed by atoms with Gasteiger partial charge in [0, 0.05) is 119 Å². The summed E-state index contributed by atoms with van der Waals surface area (Å²) in [6.45, 7) is 33.3. The summed E-state index contributed by atoms with van der Waals surface area (Å²) >= 11 is 21.1. The zero-order chi connectivity index (χ0) is 92.0. The number of carboxylic acids is 1. The second-order valence-electron chi connectivity index (χ2n) is 37.1. The molecule has 0 bridgehead atoms. The van der Waals surface area contributed by atoms with Gasteiger partial charge in [0.25, 0.3) is 0 Å². The number of piperidine rings is 5. The number of methoxy groups -OCH3 is 2. The Kier molecular flexibility index (Phi) is 37.6. The molecule has 12 rings (SSSR count). The third-order valence-electron chi connectivity index (χ3n) is 22.4. The predicted octanol–water partition coefficient (Wildman–Crippen LogP) is 21.0. The van der Waals surface area contributed by atoms with Crippen LogP contribution in [-0.4, -0.2) is 201 Å². The maximum Gasteiger partial charge on any atom is 0.410 e. The van der Waals surface area contributed by atoms with E-state index in [2.05, 4.69) is 128 Å². The van der Waals surface area contributed by atoms with Crippen LogP contribution in [0.1, 0.15) is 218 Å². The predicted molar refractivity (Wildman–Crippen MR) is 497 cm³/mol. The Bertz CT molecular complexity index is 4410. The van der Waals surface area contributed by atoms with Crippen LogP contribution < -0.4 is 5.73 Å². The number of hydrogen-bond donors (Lipinski definition) is 2. The summed E-state index contributed by atoms with van der Waals surface area (Å²) in [5.74, 6) is -1.06. The highest BCUT2D eigenvalue weighted by Crippen LogP contribution is 2.53. The minimum absolute atomic E-state index is 0.0517. The van der Waals surface area contributed by atoms with Crippen molar-refractivity contribution in [3.8, 4) is 0 Å². The van der Waals surface area contributed by atoms with Crippen molar-refractivity contribution >= 4 is 158 Å². The minimum atomic E-state index is -0.845. The first-order valence-electron chi connectivity index (χ1n) is 41.9. The fraction of sp³-hybridized carbons (Fsp3) is 0.576. The number of aliphatic carboxylic acids is 1. The number of hydrogen-bond acceptors (Lipinski definition) is 17. The van der Waals surface area contributed by atoms with Gasteiger partial charge in [-0.05, 0) is 264 Å². The normalized spacial score (nSPS) is 18.2. The first-order chi connectivity index (χ1) is 57.4. The highest BCUT2D eigenvalue weighted by molar-refractivity contribution is 9.11. The molecule has 122 heavy (non-hydrogen) atoms. The maximum atomic E-state index is 12.9. The number of carbonyl (C=O) groups is 9. The number of amides is 5. The molecule has 1 unspecified atom stereocenters. The number of esters is 2. The van der Waals surface area contributed by atoms with Crippen LogP contribution in [0, 0.1) is 27.6 Å². The van der Waals surface area contributed by atoms with Crippen LogP contribution in [0.25, 0.3) is 0 Å². The standard InChI is InChI=1S/C19H26BrNO4.C18H25BrN2O2.C18H24BrNO4.C18H22BrNO3.C12H21NO4.C7H6Br2.BH/c1-18(2,3)25-17(23)21-11-9-19(10-12-21,16(22)24-4)13-14-7-5-6-8-15(14)20;1-17(2,3)23-16(22)21-9-7-18(8-10-21)11-13-12(15(18)20)5-4-6-14(13)19;1-17(2,3)24-16(23)20-10-8-18(9-11-20,15(21)22)12-13-6-4-5-7-14(13)19;1-17(2,3)23-16(22)20-9-7-18(8-10-20)11-13-12(15(18)21)5-4-6-14(13)19;1-12(2,3)17-11(15)13-7-5-9(6-8-13)10(14)16-4;8-5-6-3-1-2-4-7(6)9;/h5-8H,9-13H2,1-4H3;4-6,15H,7-11,20H2,1-3H3;4-7H,8-12H2,1-3H3,(H,21,22);4-6H,7-11H2,1-3H3;9H,5-8H2,1-4H3;1-4H,5H2;1H/i;;;;;;1T. The summed E-state index contributed by atoms with van der Waals surface area (Å²) < 4.78 is 47.3. The molecular weight excluding hydrogens is 1950 g/mol. The third kappa shape index (κ3) is 29.8. The number of benzene rings is 5. The van der Waals surface area contributed by atoms with Crippen molar-refractivity contribution < 1.29 is 81.4 Å². The fourth-order valence-corrected chi connectivity index (χ4v) is 18.9. The molecule has 5 saturated heterocycles. The number of carboxylic acid groups (broad SMARTS) is 1. The maximum absolute atomic E-state index is 12.9. The molecule has 0 saturated carbocycles. The Morgan fingerprint density at radius 3 is 1.10 bits per heavy atom. The lowest BCUT2D eigenvalue weighted by atomic mass is 9.73. The topological polar surface area (TPSA) is 281 Å². The van der Waals surface area contributed by atoms with Crippen LogP contribution in [-0.2, 0) is 78.6 Å². The number of nitrogens with two attached hydrogens (primary N) is 1. The lowest BCUT2D eigenvalue weighted by Gasteiger charge is -2.42. The Hall–Kier alpha value is -6.57. The number of alkyl halides is 1. The number of halogens is 6. The second-order valence-corrected chi connectivity index (χ2v) is 42.0. The molecule has 5 heterocycles. The van der Waals surface area contributed by atoms with Crippen molar-refractivity contribution in [3.63, 3.8) is 0 Å². The van der Waals surface area contributed by atoms with Crippen molar-refractivity contribution in [1.29, 1.82) is 1.34 Å². The van der Waals surface area contributed by atoms with E-state index in [0.29, 0.717) is 130 Å². The van der Waals surface area contributed by atoms with Crippen LogP contribution in [0.15, 0.2) is 132 Å². The van der Waals surface area contributed by atoms with E-state index in [4.69, 9.17) is 40.2 Å². The minimum Gasteiger partial charge on any atom is -0.481 e. The number of rotatable bonds is 8. The smallest absolute Gasteiger partial charge is 0.410 e. The van der Waals surface area contributed by atoms with Crippen molar-refractivity contribution in [2.75, 3.05) is 79.7 Å². The Labute approximate surface area is 775 Å². The lowest BCUT2D eigenvalue weighted by molar-refractivity contribution is -0.156. The van der Waals surface area contributed by atoms with Gasteiger partial charge in [-0.25, -0.2) is 24.0 Å². The van der Waals surface area contributed by atoms with Crippen LogP contribution >= 0.6 is 95.6 Å². The first-order valence-corrected chi connectivity index (χ1v) is 46.4. The molecule has 670 valence electrons. The molecule has 5 aromatic carbocycles. The number of nitrogens with zero attached hydrogens (tertiary/aromatic N) is 5. The lowest BCUT2D eigenvalue weighted by Crippen LogP contribution is -2.49. The molecule has 2 radical (unpaired) electrons. The van der Waals surface area contributed by atoms with E-state index < -0.39 is 44.8 Å². The largest absolute Gasteiger partial charge is 0.481 e. The van der Waals surface area contributed by atoms with Crippen LogP contribution in [0.5, 0.6) is 0 Å². The SMILES string of the molecule is BrCc1ccccc1Br.CC(C)(C)OC(=O)N1CCC(Cc2ccccc2Br)(C(=O)O)CC1.CC(C)(C)OC(=O)N1CCC2(CC1)Cc1c(Br)cccc1C2=O.CC(C)(C)OC(=O)N1CCC2(CC1)Cc1c(Br)cccc1C2N.COC(=O)C1(Cc2ccccc2Br)CCN(C(=O)OC(C)(C)C)CC1.COC(=O)C1CCN(C(=O)OC(C)(C)C)CC1.[3H][B]. The second kappa shape index (κ2) is 44.7. The molecule has 23 nitrogen and oxygen atoms in total. The number of Topliss-reactive ketones (excluding diaryl/α,β-unsaturated/α-hetero) is 1. The van der Waals surface area contributed by atoms with E-state index >= 15 is 0 Å². The molecule has 30 heteroatoms. The van der Waals surface area contributed by atoms with Crippen molar-refractivity contribution in [1.82, 2.24) is 24.5 Å². The number of likely N-dealkylation sites (tertiary alicyclic amines) is 5. The van der Waals surface area contributed by atoms with Gasteiger partial charge < -0.3 is 68.5 Å². The number of ether oxygens (including phenoxy) is 7. The van der Waals surface area contributed by atoms with Gasteiger partial charge in [0.1, 0.15) is 28.0 Å². The van der Waals surface area contributed by atoms with Crippen LogP contribution in [0.4, 0.5) is 24.0 Å². The van der Waals surface area contributed by atoms with Gasteiger partial charge in [-0.3, -0.25) is 19.2 Å².